The zero-order valence-electron chi connectivity index (χ0n) is 16.3. The molecule has 152 valence electrons. The van der Waals surface area contributed by atoms with Crippen molar-refractivity contribution in [2.75, 3.05) is 81.3 Å². The van der Waals surface area contributed by atoms with Crippen LogP contribution in [0.5, 0.6) is 0 Å². The zero-order valence-corrected chi connectivity index (χ0v) is 18.7. The molecule has 0 aromatic carbocycles. The Morgan fingerprint density at radius 2 is 0.600 bits per heavy atom. The summed E-state index contributed by atoms with van der Waals surface area (Å²) in [6.45, 7) is 2.32. The first-order valence-electron chi connectivity index (χ1n) is 7.94. The fraction of sp³-hybridized carbons (Fsp3) is 1.00. The molecular weight excluding hydrogens is 411 g/mol. The Balaban J connectivity index is -0.0000000702. The Bertz CT molecular complexity index is 108. The van der Waals surface area contributed by atoms with Crippen LogP contribution in [0.3, 0.4) is 0 Å². The van der Waals surface area contributed by atoms with Gasteiger partial charge in [0.15, 0.2) is 0 Å². The second-order valence-electron chi connectivity index (χ2n) is 4.20. The SMILES string of the molecule is COCCC[O-].COCCC[O-].COCCC[O-].COCCC[O-].[Zr+4]. The minimum atomic E-state index is -0.0200. The van der Waals surface area contributed by atoms with Crippen molar-refractivity contribution in [1.82, 2.24) is 0 Å². The maximum atomic E-state index is 9.61. The molecule has 0 aromatic heterocycles. The van der Waals surface area contributed by atoms with Crippen molar-refractivity contribution in [2.45, 2.75) is 25.7 Å². The maximum Gasteiger partial charge on any atom is 4.00 e. The number of methoxy groups -OCH3 is 4. The molecule has 0 aliphatic carbocycles. The Hall–Kier alpha value is 0.563. The van der Waals surface area contributed by atoms with Gasteiger partial charge in [0.2, 0.25) is 0 Å². The van der Waals surface area contributed by atoms with Crippen LogP contribution >= 0.6 is 0 Å². The monoisotopic (exact) mass is 446 g/mol. The number of rotatable bonds is 12. The largest absolute Gasteiger partial charge is 4.00 e. The third-order valence-electron chi connectivity index (χ3n) is 1.97. The van der Waals surface area contributed by atoms with E-state index in [1.54, 1.807) is 28.4 Å². The standard InChI is InChI=1S/4C4H9O2.Zr/c4*1-6-4-2-3-5;/h4*2-4H2,1H3;/q4*-1;+4. The zero-order chi connectivity index (χ0) is 19.3. The summed E-state index contributed by atoms with van der Waals surface area (Å²) in [5, 5.41) is 38.4. The Kier molecular flexibility index (Phi) is 72.5. The van der Waals surface area contributed by atoms with Gasteiger partial charge in [-0.25, -0.2) is 0 Å². The van der Waals surface area contributed by atoms with Crippen LogP contribution in [0.4, 0.5) is 0 Å². The van der Waals surface area contributed by atoms with Crippen molar-refractivity contribution in [3.63, 3.8) is 0 Å². The maximum absolute atomic E-state index is 9.61. The van der Waals surface area contributed by atoms with Gasteiger partial charge in [-0.05, 0) is 25.7 Å². The molecular formula is C16H36O8Zr. The summed E-state index contributed by atoms with van der Waals surface area (Å²) in [6, 6.07) is 0. The van der Waals surface area contributed by atoms with Gasteiger partial charge in [-0.15, -0.1) is 26.4 Å². The molecule has 0 aliphatic heterocycles. The average Bonchev–Trinajstić information content (AvgIpc) is 2.62. The minimum Gasteiger partial charge on any atom is -0.854 e. The molecule has 0 radical (unpaired) electrons. The fourth-order valence-corrected chi connectivity index (χ4v) is 0.813. The molecule has 0 bridgehead atoms. The minimum absolute atomic E-state index is 0. The summed E-state index contributed by atoms with van der Waals surface area (Å²) >= 11 is 0. The Labute approximate surface area is 172 Å². The summed E-state index contributed by atoms with van der Waals surface area (Å²) in [4.78, 5) is 0. The first-order chi connectivity index (χ1) is 11.7. The molecule has 0 atom stereocenters. The van der Waals surface area contributed by atoms with Gasteiger partial charge in [0.05, 0.1) is 0 Å². The molecule has 0 saturated carbocycles. The van der Waals surface area contributed by atoms with Crippen LogP contribution in [0, 0.1) is 0 Å². The second-order valence-corrected chi connectivity index (χ2v) is 4.20. The van der Waals surface area contributed by atoms with E-state index in [1.807, 2.05) is 0 Å². The second kappa shape index (κ2) is 49.7. The van der Waals surface area contributed by atoms with Crippen molar-refractivity contribution in [3.8, 4) is 0 Å². The van der Waals surface area contributed by atoms with E-state index in [4.69, 9.17) is 0 Å². The van der Waals surface area contributed by atoms with E-state index < -0.39 is 0 Å². The van der Waals surface area contributed by atoms with Gasteiger partial charge in [-0.3, -0.25) is 0 Å². The summed E-state index contributed by atoms with van der Waals surface area (Å²) in [7, 11) is 6.37. The molecule has 9 heteroatoms. The predicted octanol–water partition coefficient (Wildman–Crippen LogP) is -2.47. The summed E-state index contributed by atoms with van der Waals surface area (Å²) in [5.74, 6) is 0. The van der Waals surface area contributed by atoms with Crippen molar-refractivity contribution >= 4 is 0 Å². The van der Waals surface area contributed by atoms with Gasteiger partial charge in [0.25, 0.3) is 0 Å². The third kappa shape index (κ3) is 79.2. The van der Waals surface area contributed by atoms with Crippen LogP contribution in [0.1, 0.15) is 25.7 Å². The van der Waals surface area contributed by atoms with E-state index in [9.17, 15) is 20.4 Å². The van der Waals surface area contributed by atoms with Crippen LogP contribution in [0.15, 0.2) is 0 Å². The molecule has 0 N–H and O–H groups in total. The van der Waals surface area contributed by atoms with E-state index in [-0.39, 0.29) is 52.6 Å². The molecule has 0 aromatic rings. The number of hydrogen-bond donors (Lipinski definition) is 0. The van der Waals surface area contributed by atoms with Crippen LogP contribution in [-0.4, -0.2) is 81.3 Å². The van der Waals surface area contributed by atoms with Gasteiger partial charge in [-0.2, -0.15) is 0 Å². The van der Waals surface area contributed by atoms with Crippen LogP contribution in [0.25, 0.3) is 0 Å². The molecule has 0 aliphatic rings. The van der Waals surface area contributed by atoms with Crippen LogP contribution in [-0.2, 0) is 45.2 Å². The van der Waals surface area contributed by atoms with Crippen molar-refractivity contribution < 1.29 is 65.6 Å². The third-order valence-corrected chi connectivity index (χ3v) is 1.97. The topological polar surface area (TPSA) is 129 Å². The summed E-state index contributed by atoms with van der Waals surface area (Å²) in [5.41, 5.74) is 0. The van der Waals surface area contributed by atoms with Crippen LogP contribution in [0.2, 0.25) is 0 Å². The first kappa shape index (κ1) is 36.5. The fourth-order valence-electron chi connectivity index (χ4n) is 0.813. The van der Waals surface area contributed by atoms with Crippen molar-refractivity contribution in [3.05, 3.63) is 0 Å². The van der Waals surface area contributed by atoms with Crippen molar-refractivity contribution in [1.29, 1.82) is 0 Å². The molecule has 0 spiro atoms. The average molecular weight is 448 g/mol. The molecule has 0 fully saturated rings. The first-order valence-corrected chi connectivity index (χ1v) is 7.94. The van der Waals surface area contributed by atoms with Gasteiger partial charge in [0.1, 0.15) is 0 Å². The van der Waals surface area contributed by atoms with E-state index in [1.165, 1.54) is 0 Å². The Morgan fingerprint density at radius 1 is 0.440 bits per heavy atom. The Morgan fingerprint density at radius 3 is 0.640 bits per heavy atom. The molecule has 0 rings (SSSR count). The molecule has 0 heterocycles. The predicted molar refractivity (Wildman–Crippen MR) is 85.4 cm³/mol. The molecule has 8 nitrogen and oxygen atoms in total. The molecule has 0 saturated heterocycles. The summed E-state index contributed by atoms with van der Waals surface area (Å²) in [6.07, 6.45) is 2.54. The van der Waals surface area contributed by atoms with Gasteiger partial charge in [0, 0.05) is 54.9 Å². The van der Waals surface area contributed by atoms with Gasteiger partial charge in [-0.1, -0.05) is 0 Å². The van der Waals surface area contributed by atoms with Gasteiger partial charge >= 0.3 is 26.2 Å². The van der Waals surface area contributed by atoms with E-state index in [0.29, 0.717) is 52.1 Å². The van der Waals surface area contributed by atoms with Gasteiger partial charge < -0.3 is 39.4 Å². The van der Waals surface area contributed by atoms with E-state index in [0.717, 1.165) is 0 Å². The molecule has 0 unspecified atom stereocenters. The van der Waals surface area contributed by atoms with Crippen molar-refractivity contribution in [2.24, 2.45) is 0 Å². The normalized spacial score (nSPS) is 8.64. The molecule has 0 amide bonds. The smallest absolute Gasteiger partial charge is 0.854 e. The van der Waals surface area contributed by atoms with Crippen LogP contribution < -0.4 is 20.4 Å². The number of hydrogen-bond acceptors (Lipinski definition) is 8. The summed E-state index contributed by atoms with van der Waals surface area (Å²) < 4.78 is 18.3. The number of ether oxygens (including phenoxy) is 4. The van der Waals surface area contributed by atoms with E-state index in [2.05, 4.69) is 18.9 Å². The quantitative estimate of drug-likeness (QED) is 0.301. The molecule has 25 heavy (non-hydrogen) atoms. The van der Waals surface area contributed by atoms with E-state index >= 15 is 0 Å².